The molecule has 98 valence electrons. The Morgan fingerprint density at radius 2 is 2.12 bits per heavy atom. The van der Waals surface area contributed by atoms with Crippen molar-refractivity contribution in [1.29, 1.82) is 0 Å². The average molecular weight is 279 g/mol. The third kappa shape index (κ3) is 6.63. The molecule has 0 spiro atoms. The lowest BCUT2D eigenvalue weighted by Gasteiger charge is -2.05. The van der Waals surface area contributed by atoms with Crippen LogP contribution >= 0.6 is 23.7 Å². The normalized spacial score (nSPS) is 9.76. The molecule has 1 aromatic heterocycles. The fourth-order valence-corrected chi connectivity index (χ4v) is 1.99. The van der Waals surface area contributed by atoms with Crippen molar-refractivity contribution < 1.29 is 9.53 Å². The maximum Gasteiger partial charge on any atom is 0.261 e. The Bertz CT molecular complexity index is 331. The third-order valence-corrected chi connectivity index (χ3v) is 3.03. The summed E-state index contributed by atoms with van der Waals surface area (Å²) < 4.78 is 4.89. The number of carbonyl (C=O) groups is 1. The highest BCUT2D eigenvalue weighted by Crippen LogP contribution is 2.14. The van der Waals surface area contributed by atoms with Gasteiger partial charge in [-0.3, -0.25) is 4.79 Å². The van der Waals surface area contributed by atoms with E-state index in [4.69, 9.17) is 4.74 Å². The second kappa shape index (κ2) is 9.41. The van der Waals surface area contributed by atoms with E-state index in [2.05, 4.69) is 10.6 Å². The minimum atomic E-state index is 0. The van der Waals surface area contributed by atoms with Crippen LogP contribution in [0.4, 0.5) is 0 Å². The molecule has 0 fully saturated rings. The number of halogens is 1. The number of aryl methyl sites for hydroxylation is 1. The van der Waals surface area contributed by atoms with Gasteiger partial charge in [0.15, 0.2) is 0 Å². The molecule has 2 N–H and O–H groups in total. The van der Waals surface area contributed by atoms with Crippen LogP contribution in [0.15, 0.2) is 12.1 Å². The average Bonchev–Trinajstić information content (AvgIpc) is 2.70. The van der Waals surface area contributed by atoms with E-state index < -0.39 is 0 Å². The number of hydrogen-bond acceptors (Lipinski definition) is 4. The highest BCUT2D eigenvalue weighted by Gasteiger charge is 2.06. The van der Waals surface area contributed by atoms with E-state index in [1.807, 2.05) is 19.1 Å². The predicted molar refractivity (Wildman–Crippen MR) is 73.4 cm³/mol. The van der Waals surface area contributed by atoms with E-state index in [1.165, 1.54) is 11.3 Å². The van der Waals surface area contributed by atoms with E-state index in [0.29, 0.717) is 13.2 Å². The molecule has 0 saturated carbocycles. The van der Waals surface area contributed by atoms with Gasteiger partial charge < -0.3 is 15.4 Å². The van der Waals surface area contributed by atoms with Crippen molar-refractivity contribution in [3.8, 4) is 0 Å². The monoisotopic (exact) mass is 278 g/mol. The predicted octanol–water partition coefficient (Wildman–Crippen LogP) is 1.44. The Kier molecular flexibility index (Phi) is 9.07. The first-order valence-electron chi connectivity index (χ1n) is 5.28. The lowest BCUT2D eigenvalue weighted by Crippen LogP contribution is -2.32. The van der Waals surface area contributed by atoms with Crippen LogP contribution in [0.3, 0.4) is 0 Å². The van der Waals surface area contributed by atoms with Crippen molar-refractivity contribution in [3.63, 3.8) is 0 Å². The summed E-state index contributed by atoms with van der Waals surface area (Å²) in [7, 11) is 1.67. The van der Waals surface area contributed by atoms with E-state index in [1.54, 1.807) is 7.11 Å². The van der Waals surface area contributed by atoms with Gasteiger partial charge in [-0.2, -0.15) is 0 Å². The van der Waals surface area contributed by atoms with Gasteiger partial charge >= 0.3 is 0 Å². The van der Waals surface area contributed by atoms with Crippen molar-refractivity contribution in [2.24, 2.45) is 0 Å². The summed E-state index contributed by atoms with van der Waals surface area (Å²) in [6, 6.07) is 3.81. The van der Waals surface area contributed by atoms with Gasteiger partial charge in [-0.1, -0.05) is 0 Å². The van der Waals surface area contributed by atoms with Crippen molar-refractivity contribution in [2.45, 2.75) is 6.92 Å². The quantitative estimate of drug-likeness (QED) is 0.742. The zero-order valence-corrected chi connectivity index (χ0v) is 11.7. The molecule has 0 saturated heterocycles. The Morgan fingerprint density at radius 1 is 1.35 bits per heavy atom. The summed E-state index contributed by atoms with van der Waals surface area (Å²) in [5, 5.41) is 6.02. The van der Waals surface area contributed by atoms with Crippen LogP contribution < -0.4 is 10.6 Å². The molecule has 0 unspecified atom stereocenters. The number of hydrogen-bond donors (Lipinski definition) is 2. The summed E-state index contributed by atoms with van der Waals surface area (Å²) >= 11 is 1.52. The summed E-state index contributed by atoms with van der Waals surface area (Å²) in [4.78, 5) is 13.5. The first-order valence-corrected chi connectivity index (χ1v) is 6.10. The van der Waals surface area contributed by atoms with Crippen molar-refractivity contribution in [3.05, 3.63) is 21.9 Å². The van der Waals surface area contributed by atoms with Gasteiger partial charge in [0.05, 0.1) is 11.5 Å². The third-order valence-electron chi connectivity index (χ3n) is 2.03. The van der Waals surface area contributed by atoms with Crippen LogP contribution in [-0.2, 0) is 4.74 Å². The van der Waals surface area contributed by atoms with E-state index in [0.717, 1.165) is 22.8 Å². The van der Waals surface area contributed by atoms with Crippen molar-refractivity contribution >= 4 is 29.7 Å². The molecule has 4 nitrogen and oxygen atoms in total. The second-order valence-corrected chi connectivity index (χ2v) is 4.70. The topological polar surface area (TPSA) is 50.4 Å². The first-order chi connectivity index (χ1) is 7.74. The molecule has 1 rings (SSSR count). The molecule has 1 heterocycles. The van der Waals surface area contributed by atoms with Crippen LogP contribution in [0.5, 0.6) is 0 Å². The van der Waals surface area contributed by atoms with Gasteiger partial charge in [0.1, 0.15) is 0 Å². The number of carbonyl (C=O) groups excluding carboxylic acids is 1. The van der Waals surface area contributed by atoms with Crippen LogP contribution in [-0.4, -0.2) is 39.3 Å². The number of thiophene rings is 1. The van der Waals surface area contributed by atoms with Crippen molar-refractivity contribution in [2.75, 3.05) is 33.4 Å². The van der Waals surface area contributed by atoms with Gasteiger partial charge in [0, 0.05) is 31.6 Å². The Labute approximate surface area is 112 Å². The number of nitrogens with one attached hydrogen (secondary N) is 2. The first kappa shape index (κ1) is 16.4. The Hall–Kier alpha value is -0.620. The minimum absolute atomic E-state index is 0. The molecular formula is C11H19ClN2O2S. The zero-order chi connectivity index (χ0) is 11.8. The summed E-state index contributed by atoms with van der Waals surface area (Å²) in [5.41, 5.74) is 0. The summed E-state index contributed by atoms with van der Waals surface area (Å²) in [6.45, 7) is 4.90. The van der Waals surface area contributed by atoms with Gasteiger partial charge in [-0.15, -0.1) is 23.7 Å². The van der Waals surface area contributed by atoms with E-state index in [9.17, 15) is 4.79 Å². The van der Waals surface area contributed by atoms with Crippen LogP contribution in [0, 0.1) is 6.92 Å². The molecule has 0 aliphatic carbocycles. The molecule has 0 aliphatic rings. The maximum absolute atomic E-state index is 11.6. The number of amides is 1. The van der Waals surface area contributed by atoms with Gasteiger partial charge in [-0.05, 0) is 19.1 Å². The zero-order valence-electron chi connectivity index (χ0n) is 10.1. The van der Waals surface area contributed by atoms with Crippen molar-refractivity contribution in [1.82, 2.24) is 10.6 Å². The Balaban J connectivity index is 0.00000256. The molecule has 0 aliphatic heterocycles. The second-order valence-electron chi connectivity index (χ2n) is 3.41. The highest BCUT2D eigenvalue weighted by atomic mass is 35.5. The molecule has 1 amide bonds. The molecule has 0 aromatic carbocycles. The molecule has 0 bridgehead atoms. The van der Waals surface area contributed by atoms with Crippen LogP contribution in [0.25, 0.3) is 0 Å². The Morgan fingerprint density at radius 3 is 2.71 bits per heavy atom. The summed E-state index contributed by atoms with van der Waals surface area (Å²) in [5.74, 6) is 0.00615. The fourth-order valence-electron chi connectivity index (χ4n) is 1.21. The molecular weight excluding hydrogens is 260 g/mol. The molecule has 0 atom stereocenters. The van der Waals surface area contributed by atoms with Gasteiger partial charge in [0.25, 0.3) is 5.91 Å². The molecule has 0 radical (unpaired) electrons. The number of methoxy groups -OCH3 is 1. The highest BCUT2D eigenvalue weighted by molar-refractivity contribution is 7.13. The lowest BCUT2D eigenvalue weighted by molar-refractivity contribution is 0.0957. The van der Waals surface area contributed by atoms with Gasteiger partial charge in [-0.25, -0.2) is 0 Å². The minimum Gasteiger partial charge on any atom is -0.383 e. The number of ether oxygens (including phenoxy) is 1. The van der Waals surface area contributed by atoms with E-state index >= 15 is 0 Å². The maximum atomic E-state index is 11.6. The van der Waals surface area contributed by atoms with Crippen LogP contribution in [0.1, 0.15) is 14.5 Å². The smallest absolute Gasteiger partial charge is 0.261 e. The van der Waals surface area contributed by atoms with E-state index in [-0.39, 0.29) is 18.3 Å². The molecule has 6 heteroatoms. The van der Waals surface area contributed by atoms with Crippen LogP contribution in [0.2, 0.25) is 0 Å². The standard InChI is InChI=1S/C11H18N2O2S.ClH/c1-9-3-4-10(16-9)11(14)13-6-5-12-7-8-15-2;/h3-4,12H,5-8H2,1-2H3,(H,13,14);1H. The molecule has 17 heavy (non-hydrogen) atoms. The molecule has 1 aromatic rings. The lowest BCUT2D eigenvalue weighted by atomic mass is 10.4. The summed E-state index contributed by atoms with van der Waals surface area (Å²) in [6.07, 6.45) is 0. The number of rotatable bonds is 7. The SMILES string of the molecule is COCCNCCNC(=O)c1ccc(C)s1.Cl. The largest absolute Gasteiger partial charge is 0.383 e. The fraction of sp³-hybridized carbons (Fsp3) is 0.545. The van der Waals surface area contributed by atoms with Gasteiger partial charge in [0.2, 0.25) is 0 Å².